The van der Waals surface area contributed by atoms with Gasteiger partial charge in [-0.3, -0.25) is 5.43 Å². The highest BCUT2D eigenvalue weighted by Gasteiger charge is 2.08. The zero-order valence-electron chi connectivity index (χ0n) is 9.77. The number of hydrogen-bond acceptors (Lipinski definition) is 5. The van der Waals surface area contributed by atoms with Crippen LogP contribution in [0.4, 0.5) is 5.95 Å². The van der Waals surface area contributed by atoms with Crippen LogP contribution in [0.25, 0.3) is 11.3 Å². The summed E-state index contributed by atoms with van der Waals surface area (Å²) in [6, 6.07) is 7.74. The first kappa shape index (κ1) is 11.3. The van der Waals surface area contributed by atoms with Crippen LogP contribution in [0.2, 0.25) is 0 Å². The largest absolute Gasteiger partial charge is 0.496 e. The molecule has 17 heavy (non-hydrogen) atoms. The number of rotatable bonds is 3. The third-order valence-corrected chi connectivity index (χ3v) is 2.42. The lowest BCUT2D eigenvalue weighted by Gasteiger charge is -2.09. The summed E-state index contributed by atoms with van der Waals surface area (Å²) in [5.41, 5.74) is 5.26. The number of hydrazine groups is 1. The van der Waals surface area contributed by atoms with Gasteiger partial charge in [0.15, 0.2) is 0 Å². The highest BCUT2D eigenvalue weighted by Crippen LogP contribution is 2.29. The molecule has 5 heteroatoms. The molecule has 1 heterocycles. The van der Waals surface area contributed by atoms with E-state index in [-0.39, 0.29) is 0 Å². The number of nitrogens with one attached hydrogen (secondary N) is 1. The van der Waals surface area contributed by atoms with Crippen molar-refractivity contribution in [2.24, 2.45) is 5.84 Å². The molecule has 2 rings (SSSR count). The summed E-state index contributed by atoms with van der Waals surface area (Å²) in [6.45, 7) is 2.02. The fraction of sp³-hybridized carbons (Fsp3) is 0.167. The number of nitrogens with zero attached hydrogens (tertiary/aromatic N) is 2. The first-order valence-corrected chi connectivity index (χ1v) is 5.19. The molecule has 1 aromatic heterocycles. The molecule has 0 aliphatic heterocycles. The molecule has 0 fully saturated rings. The molecule has 0 bridgehead atoms. The number of nitrogens with two attached hydrogens (primary N) is 1. The number of aromatic nitrogens is 2. The topological polar surface area (TPSA) is 73.1 Å². The van der Waals surface area contributed by atoms with Crippen LogP contribution in [0, 0.1) is 6.92 Å². The normalized spacial score (nSPS) is 10.1. The highest BCUT2D eigenvalue weighted by molar-refractivity contribution is 5.68. The smallest absolute Gasteiger partial charge is 0.237 e. The summed E-state index contributed by atoms with van der Waals surface area (Å²) in [7, 11) is 1.64. The second-order valence-corrected chi connectivity index (χ2v) is 3.61. The van der Waals surface area contributed by atoms with Gasteiger partial charge in [0.1, 0.15) is 5.75 Å². The van der Waals surface area contributed by atoms with Gasteiger partial charge in [-0.15, -0.1) is 0 Å². The maximum Gasteiger partial charge on any atom is 0.237 e. The first-order valence-electron chi connectivity index (χ1n) is 5.19. The van der Waals surface area contributed by atoms with Gasteiger partial charge in [0, 0.05) is 11.8 Å². The molecule has 3 N–H and O–H groups in total. The molecular formula is C12H14N4O. The molecule has 0 atom stereocenters. The molecule has 0 saturated heterocycles. The number of ether oxygens (including phenoxy) is 1. The molecule has 0 saturated carbocycles. The van der Waals surface area contributed by atoms with Gasteiger partial charge < -0.3 is 4.74 Å². The Kier molecular flexibility index (Phi) is 3.20. The quantitative estimate of drug-likeness (QED) is 0.620. The Hall–Kier alpha value is -2.14. The minimum absolute atomic E-state index is 0.381. The van der Waals surface area contributed by atoms with Crippen LogP contribution in [-0.4, -0.2) is 17.1 Å². The van der Waals surface area contributed by atoms with Crippen molar-refractivity contribution < 1.29 is 4.74 Å². The lowest BCUT2D eigenvalue weighted by Crippen LogP contribution is -2.10. The summed E-state index contributed by atoms with van der Waals surface area (Å²) in [4.78, 5) is 8.26. The monoisotopic (exact) mass is 230 g/mol. The van der Waals surface area contributed by atoms with E-state index < -0.39 is 0 Å². The number of nitrogen functional groups attached to an aromatic ring is 1. The predicted molar refractivity (Wildman–Crippen MR) is 66.6 cm³/mol. The van der Waals surface area contributed by atoms with E-state index in [1.54, 1.807) is 13.3 Å². The molecule has 5 nitrogen and oxygen atoms in total. The van der Waals surface area contributed by atoms with Crippen LogP contribution in [0.1, 0.15) is 5.56 Å². The number of aryl methyl sites for hydroxylation is 1. The van der Waals surface area contributed by atoms with Gasteiger partial charge in [-0.05, 0) is 25.1 Å². The van der Waals surface area contributed by atoms with Crippen molar-refractivity contribution in [1.82, 2.24) is 9.97 Å². The van der Waals surface area contributed by atoms with E-state index >= 15 is 0 Å². The summed E-state index contributed by atoms with van der Waals surface area (Å²) in [6.07, 6.45) is 1.65. The van der Waals surface area contributed by atoms with Gasteiger partial charge in [0.05, 0.1) is 12.8 Å². The van der Waals surface area contributed by atoms with E-state index in [9.17, 15) is 0 Å². The molecule has 0 amide bonds. The van der Waals surface area contributed by atoms with Crippen molar-refractivity contribution in [3.63, 3.8) is 0 Å². The van der Waals surface area contributed by atoms with E-state index in [2.05, 4.69) is 15.4 Å². The Labute approximate surface area is 99.6 Å². The fourth-order valence-corrected chi connectivity index (χ4v) is 1.60. The molecule has 0 radical (unpaired) electrons. The van der Waals surface area contributed by atoms with E-state index in [4.69, 9.17) is 10.6 Å². The van der Waals surface area contributed by atoms with Crippen molar-refractivity contribution in [3.8, 4) is 17.0 Å². The average molecular weight is 230 g/mol. The zero-order chi connectivity index (χ0) is 12.3. The average Bonchev–Trinajstić information content (AvgIpc) is 2.39. The van der Waals surface area contributed by atoms with E-state index in [1.807, 2.05) is 31.2 Å². The van der Waals surface area contributed by atoms with Crippen molar-refractivity contribution in [2.45, 2.75) is 6.92 Å². The van der Waals surface area contributed by atoms with E-state index in [0.717, 1.165) is 22.6 Å². The van der Waals surface area contributed by atoms with Gasteiger partial charge in [0.2, 0.25) is 5.95 Å². The van der Waals surface area contributed by atoms with Crippen molar-refractivity contribution >= 4 is 5.95 Å². The minimum atomic E-state index is 0.381. The molecular weight excluding hydrogens is 216 g/mol. The zero-order valence-corrected chi connectivity index (χ0v) is 9.77. The van der Waals surface area contributed by atoms with Crippen LogP contribution in [0.15, 0.2) is 30.5 Å². The molecule has 0 aliphatic rings. The summed E-state index contributed by atoms with van der Waals surface area (Å²) in [5, 5.41) is 0. The Morgan fingerprint density at radius 2 is 2.12 bits per heavy atom. The third-order valence-electron chi connectivity index (χ3n) is 2.42. The molecule has 0 aliphatic carbocycles. The summed E-state index contributed by atoms with van der Waals surface area (Å²) >= 11 is 0. The lowest BCUT2D eigenvalue weighted by molar-refractivity contribution is 0.416. The Morgan fingerprint density at radius 3 is 2.82 bits per heavy atom. The minimum Gasteiger partial charge on any atom is -0.496 e. The van der Waals surface area contributed by atoms with Crippen molar-refractivity contribution in [2.75, 3.05) is 12.5 Å². The lowest BCUT2D eigenvalue weighted by atomic mass is 10.1. The van der Waals surface area contributed by atoms with Crippen LogP contribution >= 0.6 is 0 Å². The maximum absolute atomic E-state index is 5.32. The second-order valence-electron chi connectivity index (χ2n) is 3.61. The Bertz CT molecular complexity index is 528. The third kappa shape index (κ3) is 2.34. The second kappa shape index (κ2) is 4.80. The number of benzene rings is 1. The van der Waals surface area contributed by atoms with Crippen LogP contribution in [0.3, 0.4) is 0 Å². The molecule has 0 unspecified atom stereocenters. The maximum atomic E-state index is 5.32. The molecule has 2 aromatic rings. The van der Waals surface area contributed by atoms with Gasteiger partial charge in [-0.1, -0.05) is 11.6 Å². The number of hydrogen-bond donors (Lipinski definition) is 2. The van der Waals surface area contributed by atoms with Gasteiger partial charge in [0.25, 0.3) is 0 Å². The van der Waals surface area contributed by atoms with Gasteiger partial charge in [-0.25, -0.2) is 15.8 Å². The number of anilines is 1. The van der Waals surface area contributed by atoms with Crippen molar-refractivity contribution in [1.29, 1.82) is 0 Å². The first-order chi connectivity index (χ1) is 8.24. The molecule has 88 valence electrons. The Morgan fingerprint density at radius 1 is 1.29 bits per heavy atom. The van der Waals surface area contributed by atoms with Gasteiger partial charge in [-0.2, -0.15) is 0 Å². The number of methoxy groups -OCH3 is 1. The standard InChI is InChI=1S/C12H14N4O/c1-8-3-4-11(17-2)9(7-8)10-5-6-14-12(15-10)16-13/h3-7H,13H2,1-2H3,(H,14,15,16). The SMILES string of the molecule is COc1ccc(C)cc1-c1ccnc(NN)n1. The highest BCUT2D eigenvalue weighted by atomic mass is 16.5. The van der Waals surface area contributed by atoms with Crippen LogP contribution < -0.4 is 16.0 Å². The fourth-order valence-electron chi connectivity index (χ4n) is 1.60. The van der Waals surface area contributed by atoms with E-state index in [0.29, 0.717) is 5.95 Å². The van der Waals surface area contributed by atoms with Crippen LogP contribution in [-0.2, 0) is 0 Å². The molecule has 0 spiro atoms. The predicted octanol–water partition coefficient (Wildman–Crippen LogP) is 1.75. The van der Waals surface area contributed by atoms with E-state index in [1.165, 1.54) is 0 Å². The van der Waals surface area contributed by atoms with Crippen molar-refractivity contribution in [3.05, 3.63) is 36.0 Å². The van der Waals surface area contributed by atoms with Gasteiger partial charge >= 0.3 is 0 Å². The Balaban J connectivity index is 2.54. The summed E-state index contributed by atoms with van der Waals surface area (Å²) in [5.74, 6) is 6.45. The molecule has 1 aromatic carbocycles. The van der Waals surface area contributed by atoms with Crippen LogP contribution in [0.5, 0.6) is 5.75 Å². The summed E-state index contributed by atoms with van der Waals surface area (Å²) < 4.78 is 5.32.